The molecule has 22 heavy (non-hydrogen) atoms. The Bertz CT molecular complexity index is 739. The molecule has 5 heteroatoms. The van der Waals surface area contributed by atoms with E-state index in [4.69, 9.17) is 0 Å². The fraction of sp³-hybridized carbons (Fsp3) is 0.0588. The summed E-state index contributed by atoms with van der Waals surface area (Å²) >= 11 is 1.41. The van der Waals surface area contributed by atoms with Gasteiger partial charge in [-0.2, -0.15) is 0 Å². The predicted octanol–water partition coefficient (Wildman–Crippen LogP) is 4.16. The van der Waals surface area contributed by atoms with Gasteiger partial charge in [-0.1, -0.05) is 24.3 Å². The Hall–Kier alpha value is -2.66. The third-order valence-corrected chi connectivity index (χ3v) is 4.11. The summed E-state index contributed by atoms with van der Waals surface area (Å²) in [6.45, 7) is 0. The van der Waals surface area contributed by atoms with Gasteiger partial charge in [0.05, 0.1) is 16.8 Å². The van der Waals surface area contributed by atoms with Crippen LogP contribution in [-0.4, -0.2) is 17.9 Å². The monoisotopic (exact) mass is 309 g/mol. The van der Waals surface area contributed by atoms with Gasteiger partial charge in [0.15, 0.2) is 0 Å². The lowest BCUT2D eigenvalue weighted by Gasteiger charge is -2.18. The van der Waals surface area contributed by atoms with E-state index >= 15 is 0 Å². The number of thiophene rings is 1. The number of para-hydroxylation sites is 1. The summed E-state index contributed by atoms with van der Waals surface area (Å²) in [6, 6.07) is 17.4. The summed E-state index contributed by atoms with van der Waals surface area (Å²) in [5.41, 5.74) is 1.74. The van der Waals surface area contributed by atoms with E-state index in [1.807, 2.05) is 65.9 Å². The average molecular weight is 309 g/mol. The molecule has 0 aliphatic heterocycles. The van der Waals surface area contributed by atoms with Gasteiger partial charge in [0.1, 0.15) is 5.82 Å². The fourth-order valence-electron chi connectivity index (χ4n) is 2.04. The average Bonchev–Trinajstić information content (AvgIpc) is 3.10. The molecule has 0 spiro atoms. The van der Waals surface area contributed by atoms with Gasteiger partial charge < -0.3 is 10.2 Å². The van der Waals surface area contributed by atoms with Gasteiger partial charge in [0, 0.05) is 12.7 Å². The topological polar surface area (TPSA) is 45.2 Å². The summed E-state index contributed by atoms with van der Waals surface area (Å²) in [5.74, 6) is 0.710. The van der Waals surface area contributed by atoms with Crippen molar-refractivity contribution in [1.29, 1.82) is 0 Å². The molecule has 0 aliphatic rings. The molecule has 0 atom stereocenters. The van der Waals surface area contributed by atoms with Gasteiger partial charge in [0.2, 0.25) is 0 Å². The highest BCUT2D eigenvalue weighted by atomic mass is 32.1. The highest BCUT2D eigenvalue weighted by Gasteiger charge is 2.08. The van der Waals surface area contributed by atoms with Crippen LogP contribution in [0, 0.1) is 0 Å². The van der Waals surface area contributed by atoms with Crippen molar-refractivity contribution in [1.82, 2.24) is 4.98 Å². The zero-order valence-corrected chi connectivity index (χ0v) is 12.9. The standard InChI is InChI=1S/C17H15N3OS/c1-20(14-6-3-2-4-7-14)16-10-9-13(12-18-16)19-17(21)15-8-5-11-22-15/h2-12H,1H3,(H,19,21). The van der Waals surface area contributed by atoms with Crippen molar-refractivity contribution in [2.45, 2.75) is 0 Å². The van der Waals surface area contributed by atoms with Crippen LogP contribution in [0.1, 0.15) is 9.67 Å². The van der Waals surface area contributed by atoms with E-state index in [0.717, 1.165) is 11.5 Å². The minimum absolute atomic E-state index is 0.110. The van der Waals surface area contributed by atoms with E-state index in [1.54, 1.807) is 12.3 Å². The van der Waals surface area contributed by atoms with Crippen molar-refractivity contribution in [2.75, 3.05) is 17.3 Å². The second-order valence-corrected chi connectivity index (χ2v) is 5.68. The minimum Gasteiger partial charge on any atom is -0.329 e. The van der Waals surface area contributed by atoms with E-state index in [9.17, 15) is 4.79 Å². The van der Waals surface area contributed by atoms with Gasteiger partial charge >= 0.3 is 0 Å². The first kappa shape index (κ1) is 14.3. The maximum absolute atomic E-state index is 12.0. The predicted molar refractivity (Wildman–Crippen MR) is 91.0 cm³/mol. The molecule has 4 nitrogen and oxygen atoms in total. The number of amides is 1. The molecule has 110 valence electrons. The number of hydrogen-bond acceptors (Lipinski definition) is 4. The van der Waals surface area contributed by atoms with Crippen LogP contribution in [0.3, 0.4) is 0 Å². The van der Waals surface area contributed by atoms with Crippen LogP contribution >= 0.6 is 11.3 Å². The van der Waals surface area contributed by atoms with Gasteiger partial charge in [-0.15, -0.1) is 11.3 Å². The number of carbonyl (C=O) groups excluding carboxylic acids is 1. The molecular formula is C17H15N3OS. The second kappa shape index (κ2) is 6.41. The van der Waals surface area contributed by atoms with E-state index in [0.29, 0.717) is 10.6 Å². The lowest BCUT2D eigenvalue weighted by molar-refractivity contribution is 0.103. The number of nitrogens with zero attached hydrogens (tertiary/aromatic N) is 2. The van der Waals surface area contributed by atoms with Crippen molar-refractivity contribution in [3.05, 3.63) is 71.1 Å². The minimum atomic E-state index is -0.110. The smallest absolute Gasteiger partial charge is 0.265 e. The first-order valence-corrected chi connectivity index (χ1v) is 7.72. The van der Waals surface area contributed by atoms with Crippen molar-refractivity contribution in [3.63, 3.8) is 0 Å². The van der Waals surface area contributed by atoms with Crippen LogP contribution in [0.4, 0.5) is 17.2 Å². The summed E-state index contributed by atoms with van der Waals surface area (Å²) in [5, 5.41) is 4.72. The molecule has 0 fully saturated rings. The normalized spacial score (nSPS) is 10.2. The summed E-state index contributed by atoms with van der Waals surface area (Å²) in [4.78, 5) is 19.1. The molecule has 2 aromatic heterocycles. The van der Waals surface area contributed by atoms with Crippen molar-refractivity contribution in [2.24, 2.45) is 0 Å². The van der Waals surface area contributed by atoms with Crippen molar-refractivity contribution < 1.29 is 4.79 Å². The Kier molecular flexibility index (Phi) is 4.16. The fourth-order valence-corrected chi connectivity index (χ4v) is 2.66. The Morgan fingerprint density at radius 2 is 1.91 bits per heavy atom. The van der Waals surface area contributed by atoms with Crippen LogP contribution < -0.4 is 10.2 Å². The number of nitrogens with one attached hydrogen (secondary N) is 1. The van der Waals surface area contributed by atoms with E-state index in [2.05, 4.69) is 10.3 Å². The molecule has 0 bridgehead atoms. The molecular weight excluding hydrogens is 294 g/mol. The van der Waals surface area contributed by atoms with E-state index in [-0.39, 0.29) is 5.91 Å². The lowest BCUT2D eigenvalue weighted by Crippen LogP contribution is -2.13. The lowest BCUT2D eigenvalue weighted by atomic mass is 10.3. The second-order valence-electron chi connectivity index (χ2n) is 4.73. The molecule has 0 saturated carbocycles. The van der Waals surface area contributed by atoms with Crippen molar-refractivity contribution in [3.8, 4) is 0 Å². The highest BCUT2D eigenvalue weighted by molar-refractivity contribution is 7.12. The van der Waals surface area contributed by atoms with Crippen LogP contribution in [-0.2, 0) is 0 Å². The van der Waals surface area contributed by atoms with Crippen molar-refractivity contribution >= 4 is 34.4 Å². The number of pyridine rings is 1. The van der Waals surface area contributed by atoms with Gasteiger partial charge in [-0.25, -0.2) is 4.98 Å². The zero-order chi connectivity index (χ0) is 15.4. The molecule has 0 aliphatic carbocycles. The maximum atomic E-state index is 12.0. The van der Waals surface area contributed by atoms with Gasteiger partial charge in [-0.3, -0.25) is 4.79 Å². The number of rotatable bonds is 4. The third kappa shape index (κ3) is 3.15. The number of hydrogen-bond donors (Lipinski definition) is 1. The van der Waals surface area contributed by atoms with Gasteiger partial charge in [0.25, 0.3) is 5.91 Å². The Morgan fingerprint density at radius 1 is 1.09 bits per heavy atom. The molecule has 1 N–H and O–H groups in total. The molecule has 0 radical (unpaired) electrons. The highest BCUT2D eigenvalue weighted by Crippen LogP contribution is 2.22. The molecule has 3 rings (SSSR count). The molecule has 3 aromatic rings. The van der Waals surface area contributed by atoms with E-state index < -0.39 is 0 Å². The first-order valence-electron chi connectivity index (χ1n) is 6.84. The Balaban J connectivity index is 1.72. The van der Waals surface area contributed by atoms with Gasteiger partial charge in [-0.05, 0) is 35.7 Å². The number of anilines is 3. The van der Waals surface area contributed by atoms with Crippen LogP contribution in [0.25, 0.3) is 0 Å². The third-order valence-electron chi connectivity index (χ3n) is 3.24. The SMILES string of the molecule is CN(c1ccccc1)c1ccc(NC(=O)c2cccs2)cn1. The molecule has 1 amide bonds. The largest absolute Gasteiger partial charge is 0.329 e. The number of carbonyl (C=O) groups is 1. The van der Waals surface area contributed by atoms with E-state index in [1.165, 1.54) is 11.3 Å². The first-order chi connectivity index (χ1) is 10.7. The molecule has 2 heterocycles. The molecule has 0 saturated heterocycles. The quantitative estimate of drug-likeness (QED) is 0.787. The van der Waals surface area contributed by atoms with Crippen LogP contribution in [0.5, 0.6) is 0 Å². The van der Waals surface area contributed by atoms with Crippen LogP contribution in [0.15, 0.2) is 66.2 Å². The molecule has 1 aromatic carbocycles. The van der Waals surface area contributed by atoms with Crippen LogP contribution in [0.2, 0.25) is 0 Å². The summed E-state index contributed by atoms with van der Waals surface area (Å²) in [7, 11) is 1.96. The maximum Gasteiger partial charge on any atom is 0.265 e. The summed E-state index contributed by atoms with van der Waals surface area (Å²) < 4.78 is 0. The Labute approximate surface area is 133 Å². The number of aromatic nitrogens is 1. The summed E-state index contributed by atoms with van der Waals surface area (Å²) in [6.07, 6.45) is 1.67. The number of benzene rings is 1. The Morgan fingerprint density at radius 3 is 2.55 bits per heavy atom. The molecule has 0 unspecified atom stereocenters. The zero-order valence-electron chi connectivity index (χ0n) is 12.1.